The van der Waals surface area contributed by atoms with E-state index in [4.69, 9.17) is 4.74 Å². The first-order valence-corrected chi connectivity index (χ1v) is 7.79. The molecule has 1 saturated carbocycles. The molecule has 1 atom stereocenters. The Hall–Kier alpha value is -0.650. The van der Waals surface area contributed by atoms with Crippen molar-refractivity contribution in [1.82, 2.24) is 10.2 Å². The molecular formula is C15H28N2O3. The Morgan fingerprint density at radius 2 is 2.05 bits per heavy atom. The second-order valence-corrected chi connectivity index (χ2v) is 6.75. The third kappa shape index (κ3) is 4.72. The van der Waals surface area contributed by atoms with Crippen molar-refractivity contribution in [1.29, 1.82) is 0 Å². The molecule has 0 aromatic carbocycles. The molecule has 1 amide bonds. The smallest absolute Gasteiger partial charge is 0.234 e. The summed E-state index contributed by atoms with van der Waals surface area (Å²) in [5.41, 5.74) is -0.309. The molecule has 0 spiro atoms. The van der Waals surface area contributed by atoms with Crippen molar-refractivity contribution in [3.8, 4) is 0 Å². The van der Waals surface area contributed by atoms with Crippen LogP contribution in [0.2, 0.25) is 0 Å². The van der Waals surface area contributed by atoms with Crippen LogP contribution >= 0.6 is 0 Å². The lowest BCUT2D eigenvalue weighted by molar-refractivity contribution is -0.153. The summed E-state index contributed by atoms with van der Waals surface area (Å²) in [7, 11) is 0. The van der Waals surface area contributed by atoms with E-state index in [1.165, 1.54) is 19.3 Å². The highest BCUT2D eigenvalue weighted by Crippen LogP contribution is 2.21. The van der Waals surface area contributed by atoms with Gasteiger partial charge in [-0.25, -0.2) is 0 Å². The number of carbonyl (C=O) groups is 1. The molecule has 1 unspecified atom stereocenters. The number of ether oxygens (including phenoxy) is 1. The van der Waals surface area contributed by atoms with Gasteiger partial charge in [-0.15, -0.1) is 0 Å². The van der Waals surface area contributed by atoms with Crippen molar-refractivity contribution in [2.45, 2.75) is 63.7 Å². The number of hydrogen-bond acceptors (Lipinski definition) is 4. The molecule has 2 fully saturated rings. The molecule has 1 aliphatic carbocycles. The zero-order chi connectivity index (χ0) is 14.6. The van der Waals surface area contributed by atoms with Gasteiger partial charge in [-0.2, -0.15) is 0 Å². The van der Waals surface area contributed by atoms with Crippen LogP contribution in [0.5, 0.6) is 0 Å². The predicted molar refractivity (Wildman–Crippen MR) is 77.5 cm³/mol. The topological polar surface area (TPSA) is 61.8 Å². The van der Waals surface area contributed by atoms with Crippen LogP contribution in [0.25, 0.3) is 0 Å². The highest BCUT2D eigenvalue weighted by atomic mass is 16.5. The first kappa shape index (κ1) is 15.7. The summed E-state index contributed by atoms with van der Waals surface area (Å²) in [5, 5.41) is 12.4. The summed E-state index contributed by atoms with van der Waals surface area (Å²) in [6.45, 7) is 5.76. The van der Waals surface area contributed by atoms with E-state index in [0.717, 1.165) is 19.4 Å². The molecule has 1 aliphatic heterocycles. The van der Waals surface area contributed by atoms with E-state index in [2.05, 4.69) is 10.2 Å². The van der Waals surface area contributed by atoms with E-state index < -0.39 is 0 Å². The number of nitrogens with one attached hydrogen (secondary N) is 1. The Bertz CT molecular complexity index is 327. The van der Waals surface area contributed by atoms with Crippen LogP contribution in [0.4, 0.5) is 0 Å². The van der Waals surface area contributed by atoms with Gasteiger partial charge in [0.15, 0.2) is 0 Å². The minimum Gasteiger partial charge on any atom is -0.394 e. The summed E-state index contributed by atoms with van der Waals surface area (Å²) in [6.07, 6.45) is 5.77. The second-order valence-electron chi connectivity index (χ2n) is 6.75. The van der Waals surface area contributed by atoms with Gasteiger partial charge in [0.2, 0.25) is 5.91 Å². The first-order valence-electron chi connectivity index (χ1n) is 7.79. The average molecular weight is 284 g/mol. The SMILES string of the molecule is CC1(C)CN(CC(=O)NC2CCCCC2)CC(CO)O1. The predicted octanol–water partition coefficient (Wildman–Crippen LogP) is 0.907. The molecule has 0 aromatic rings. The molecule has 20 heavy (non-hydrogen) atoms. The molecule has 2 aliphatic rings. The number of rotatable bonds is 4. The number of nitrogens with zero attached hydrogens (tertiary/aromatic N) is 1. The monoisotopic (exact) mass is 284 g/mol. The van der Waals surface area contributed by atoms with Crippen LogP contribution in [-0.4, -0.2) is 59.9 Å². The zero-order valence-electron chi connectivity index (χ0n) is 12.7. The number of carbonyl (C=O) groups excluding carboxylic acids is 1. The second kappa shape index (κ2) is 6.87. The van der Waals surface area contributed by atoms with E-state index >= 15 is 0 Å². The highest BCUT2D eigenvalue weighted by molar-refractivity contribution is 5.78. The third-order valence-electron chi connectivity index (χ3n) is 4.09. The Kier molecular flexibility index (Phi) is 5.41. The van der Waals surface area contributed by atoms with Crippen LogP contribution in [0.15, 0.2) is 0 Å². The number of amides is 1. The lowest BCUT2D eigenvalue weighted by Gasteiger charge is -2.42. The van der Waals surface area contributed by atoms with Gasteiger partial charge in [-0.1, -0.05) is 19.3 Å². The molecule has 0 aromatic heterocycles. The van der Waals surface area contributed by atoms with Crippen molar-refractivity contribution < 1.29 is 14.6 Å². The van der Waals surface area contributed by atoms with Crippen LogP contribution in [-0.2, 0) is 9.53 Å². The highest BCUT2D eigenvalue weighted by Gasteiger charge is 2.33. The minimum absolute atomic E-state index is 0.00414. The first-order chi connectivity index (χ1) is 9.48. The van der Waals surface area contributed by atoms with E-state index in [1.54, 1.807) is 0 Å². The van der Waals surface area contributed by atoms with Gasteiger partial charge >= 0.3 is 0 Å². The van der Waals surface area contributed by atoms with Gasteiger partial charge in [-0.3, -0.25) is 9.69 Å². The summed E-state index contributed by atoms with van der Waals surface area (Å²) in [6, 6.07) is 0.360. The minimum atomic E-state index is -0.309. The number of aliphatic hydroxyl groups excluding tert-OH is 1. The number of morpholine rings is 1. The van der Waals surface area contributed by atoms with Gasteiger partial charge in [0.1, 0.15) is 0 Å². The fraction of sp³-hybridized carbons (Fsp3) is 0.933. The molecule has 0 bridgehead atoms. The van der Waals surface area contributed by atoms with Gasteiger partial charge in [0.05, 0.1) is 24.9 Å². The average Bonchev–Trinajstić information content (AvgIpc) is 2.37. The molecule has 5 nitrogen and oxygen atoms in total. The third-order valence-corrected chi connectivity index (χ3v) is 4.09. The van der Waals surface area contributed by atoms with Crippen molar-refractivity contribution in [3.63, 3.8) is 0 Å². The number of aliphatic hydroxyl groups is 1. The molecular weight excluding hydrogens is 256 g/mol. The Labute approximate surface area is 121 Å². The van der Waals surface area contributed by atoms with Crippen molar-refractivity contribution in [2.75, 3.05) is 26.2 Å². The lowest BCUT2D eigenvalue weighted by atomic mass is 9.95. The standard InChI is InChI=1S/C15H28N2O3/c1-15(2)11-17(8-13(10-18)20-15)9-14(19)16-12-6-4-3-5-7-12/h12-13,18H,3-11H2,1-2H3,(H,16,19). The maximum absolute atomic E-state index is 12.1. The Morgan fingerprint density at radius 3 is 2.70 bits per heavy atom. The lowest BCUT2D eigenvalue weighted by Crippen LogP contribution is -2.56. The Morgan fingerprint density at radius 1 is 1.35 bits per heavy atom. The maximum Gasteiger partial charge on any atom is 0.234 e. The molecule has 2 rings (SSSR count). The molecule has 116 valence electrons. The van der Waals surface area contributed by atoms with E-state index in [1.807, 2.05) is 13.8 Å². The van der Waals surface area contributed by atoms with E-state index in [9.17, 15) is 9.90 Å². The van der Waals surface area contributed by atoms with Crippen LogP contribution < -0.4 is 5.32 Å². The van der Waals surface area contributed by atoms with Gasteiger partial charge in [0, 0.05) is 19.1 Å². The van der Waals surface area contributed by atoms with Crippen molar-refractivity contribution in [2.24, 2.45) is 0 Å². The quantitative estimate of drug-likeness (QED) is 0.805. The van der Waals surface area contributed by atoms with Crippen LogP contribution in [0.3, 0.4) is 0 Å². The molecule has 1 heterocycles. The van der Waals surface area contributed by atoms with Crippen molar-refractivity contribution in [3.05, 3.63) is 0 Å². The number of hydrogen-bond donors (Lipinski definition) is 2. The normalized spacial score (nSPS) is 28.2. The fourth-order valence-corrected chi connectivity index (χ4v) is 3.36. The summed E-state index contributed by atoms with van der Waals surface area (Å²) in [4.78, 5) is 14.2. The summed E-state index contributed by atoms with van der Waals surface area (Å²) in [5.74, 6) is 0.103. The van der Waals surface area contributed by atoms with Gasteiger partial charge in [0.25, 0.3) is 0 Å². The molecule has 0 radical (unpaired) electrons. The molecule has 1 saturated heterocycles. The van der Waals surface area contributed by atoms with Crippen LogP contribution in [0.1, 0.15) is 46.0 Å². The summed E-state index contributed by atoms with van der Waals surface area (Å²) >= 11 is 0. The molecule has 5 heteroatoms. The summed E-state index contributed by atoms with van der Waals surface area (Å²) < 4.78 is 5.76. The van der Waals surface area contributed by atoms with Gasteiger partial charge in [-0.05, 0) is 26.7 Å². The fourth-order valence-electron chi connectivity index (χ4n) is 3.36. The van der Waals surface area contributed by atoms with Gasteiger partial charge < -0.3 is 15.2 Å². The zero-order valence-corrected chi connectivity index (χ0v) is 12.7. The van der Waals surface area contributed by atoms with E-state index in [0.29, 0.717) is 19.1 Å². The maximum atomic E-state index is 12.1. The molecule has 2 N–H and O–H groups in total. The largest absolute Gasteiger partial charge is 0.394 e. The van der Waals surface area contributed by atoms with Crippen molar-refractivity contribution >= 4 is 5.91 Å². The van der Waals surface area contributed by atoms with E-state index in [-0.39, 0.29) is 24.2 Å². The Balaban J connectivity index is 1.80. The van der Waals surface area contributed by atoms with Crippen LogP contribution in [0, 0.1) is 0 Å².